The number of ether oxygens (including phenoxy) is 1. The molecule has 230 valence electrons. The third-order valence-corrected chi connectivity index (χ3v) is 8.96. The molecule has 0 spiro atoms. The van der Waals surface area contributed by atoms with Crippen LogP contribution in [-0.2, 0) is 27.5 Å². The van der Waals surface area contributed by atoms with E-state index in [4.69, 9.17) is 20.8 Å². The molecular weight excluding hydrogens is 619 g/mol. The van der Waals surface area contributed by atoms with E-state index in [0.717, 1.165) is 5.56 Å². The molecule has 45 heavy (non-hydrogen) atoms. The van der Waals surface area contributed by atoms with Crippen LogP contribution >= 0.6 is 23.4 Å². The fourth-order valence-electron chi connectivity index (χ4n) is 5.15. The SMILES string of the molecule is O=C(Nc1ccc(C2SC(=Nc3ccc(F)c(Cl)c3)N(Cc3ccco3)C2=O)cc1)[C@H]1CCCN1C(=O)OCc1ccccc1. The number of aliphatic imine (C=N–C) groups is 1. The number of rotatable bonds is 8. The quantitative estimate of drug-likeness (QED) is 0.215. The van der Waals surface area contributed by atoms with E-state index in [9.17, 15) is 18.8 Å². The molecule has 1 unspecified atom stereocenters. The van der Waals surface area contributed by atoms with Gasteiger partial charge in [0.1, 0.15) is 29.5 Å². The molecule has 0 aliphatic carbocycles. The van der Waals surface area contributed by atoms with Crippen LogP contribution in [0.15, 0.2) is 101 Å². The normalized spacial score (nSPS) is 18.9. The molecule has 2 atom stereocenters. The highest BCUT2D eigenvalue weighted by molar-refractivity contribution is 8.15. The number of hydrogen-bond donors (Lipinski definition) is 1. The maximum Gasteiger partial charge on any atom is 0.410 e. The monoisotopic (exact) mass is 646 g/mol. The Morgan fingerprint density at radius 2 is 1.87 bits per heavy atom. The molecule has 6 rings (SSSR count). The second kappa shape index (κ2) is 13.6. The van der Waals surface area contributed by atoms with Gasteiger partial charge in [-0.1, -0.05) is 65.8 Å². The first kappa shape index (κ1) is 30.4. The Kier molecular flexibility index (Phi) is 9.18. The average molecular weight is 647 g/mol. The Morgan fingerprint density at radius 3 is 2.60 bits per heavy atom. The lowest BCUT2D eigenvalue weighted by Crippen LogP contribution is -2.43. The predicted octanol–water partition coefficient (Wildman–Crippen LogP) is 7.32. The number of thioether (sulfide) groups is 1. The summed E-state index contributed by atoms with van der Waals surface area (Å²) in [5.41, 5.74) is 2.52. The van der Waals surface area contributed by atoms with Crippen LogP contribution < -0.4 is 5.32 Å². The van der Waals surface area contributed by atoms with E-state index in [-0.39, 0.29) is 30.0 Å². The van der Waals surface area contributed by atoms with Crippen molar-refractivity contribution in [3.05, 3.63) is 119 Å². The summed E-state index contributed by atoms with van der Waals surface area (Å²) in [5, 5.41) is 2.64. The highest BCUT2D eigenvalue weighted by Crippen LogP contribution is 2.41. The zero-order valence-corrected chi connectivity index (χ0v) is 25.5. The molecule has 4 aromatic rings. The van der Waals surface area contributed by atoms with Gasteiger partial charge >= 0.3 is 6.09 Å². The lowest BCUT2D eigenvalue weighted by atomic mass is 10.1. The Bertz CT molecular complexity index is 1720. The van der Waals surface area contributed by atoms with Crippen molar-refractivity contribution < 1.29 is 27.9 Å². The number of amides is 3. The van der Waals surface area contributed by atoms with Gasteiger partial charge in [0.05, 0.1) is 23.5 Å². The largest absolute Gasteiger partial charge is 0.467 e. The molecule has 2 fully saturated rings. The molecular formula is C33H28ClFN4O5S. The van der Waals surface area contributed by atoms with Gasteiger partial charge in [-0.25, -0.2) is 14.2 Å². The summed E-state index contributed by atoms with van der Waals surface area (Å²) in [6, 6.07) is 23.3. The summed E-state index contributed by atoms with van der Waals surface area (Å²) in [6.07, 6.45) is 2.23. The smallest absolute Gasteiger partial charge is 0.410 e. The van der Waals surface area contributed by atoms with E-state index >= 15 is 0 Å². The van der Waals surface area contributed by atoms with Gasteiger partial charge in [-0.15, -0.1) is 0 Å². The van der Waals surface area contributed by atoms with Gasteiger partial charge in [-0.2, -0.15) is 0 Å². The Hall–Kier alpha value is -4.61. The van der Waals surface area contributed by atoms with Crippen LogP contribution in [0.1, 0.15) is 35.0 Å². The molecule has 12 heteroatoms. The third kappa shape index (κ3) is 7.05. The highest BCUT2D eigenvalue weighted by atomic mass is 35.5. The number of furan rings is 1. The Balaban J connectivity index is 1.13. The zero-order valence-electron chi connectivity index (χ0n) is 23.9. The summed E-state index contributed by atoms with van der Waals surface area (Å²) >= 11 is 7.21. The van der Waals surface area contributed by atoms with Crippen LogP contribution in [0.2, 0.25) is 5.02 Å². The minimum Gasteiger partial charge on any atom is -0.467 e. The van der Waals surface area contributed by atoms with Gasteiger partial charge in [0.15, 0.2) is 5.17 Å². The Morgan fingerprint density at radius 1 is 1.07 bits per heavy atom. The van der Waals surface area contributed by atoms with Crippen molar-refractivity contribution in [1.29, 1.82) is 0 Å². The summed E-state index contributed by atoms with van der Waals surface area (Å²) in [4.78, 5) is 47.1. The number of nitrogens with one attached hydrogen (secondary N) is 1. The van der Waals surface area contributed by atoms with E-state index < -0.39 is 23.2 Å². The lowest BCUT2D eigenvalue weighted by Gasteiger charge is -2.23. The number of nitrogens with zero attached hydrogens (tertiary/aromatic N) is 3. The number of hydrogen-bond acceptors (Lipinski definition) is 7. The van der Waals surface area contributed by atoms with Crippen molar-refractivity contribution >= 4 is 57.8 Å². The van der Waals surface area contributed by atoms with Crippen molar-refractivity contribution in [3.63, 3.8) is 0 Å². The van der Waals surface area contributed by atoms with Gasteiger partial charge in [-0.05, 0) is 66.4 Å². The van der Waals surface area contributed by atoms with Gasteiger partial charge < -0.3 is 14.5 Å². The first-order valence-corrected chi connectivity index (χ1v) is 15.5. The fourth-order valence-corrected chi connectivity index (χ4v) is 6.50. The number of carbonyl (C=O) groups is 3. The van der Waals surface area contributed by atoms with Crippen LogP contribution in [0.25, 0.3) is 0 Å². The minimum atomic E-state index is -0.645. The summed E-state index contributed by atoms with van der Waals surface area (Å²) < 4.78 is 24.6. The van der Waals surface area contributed by atoms with E-state index in [1.54, 1.807) is 36.4 Å². The maximum atomic E-state index is 13.7. The fraction of sp³-hybridized carbons (Fsp3) is 0.212. The standard InChI is InChI=1S/C33H28ClFN4O5S/c34-26-18-24(14-15-27(26)35)37-32-39(19-25-8-5-17-43-25)31(41)29(45-32)22-10-12-23(13-11-22)36-30(40)28-9-4-16-38(28)33(42)44-20-21-6-2-1-3-7-21/h1-3,5-8,10-15,17-18,28-29H,4,9,16,19-20H2,(H,36,40)/t28-,29?/m1/s1. The maximum absolute atomic E-state index is 13.7. The molecule has 1 N–H and O–H groups in total. The van der Waals surface area contributed by atoms with Crippen LogP contribution in [0, 0.1) is 5.82 Å². The number of benzene rings is 3. The van der Waals surface area contributed by atoms with Crippen molar-refractivity contribution in [2.75, 3.05) is 11.9 Å². The Labute approximate surface area is 268 Å². The summed E-state index contributed by atoms with van der Waals surface area (Å²) in [5.74, 6) is -0.481. The van der Waals surface area contributed by atoms with E-state index in [1.807, 2.05) is 30.3 Å². The second-order valence-electron chi connectivity index (χ2n) is 10.5. The van der Waals surface area contributed by atoms with E-state index in [2.05, 4.69) is 10.3 Å². The van der Waals surface area contributed by atoms with Crippen molar-refractivity contribution in [3.8, 4) is 0 Å². The van der Waals surface area contributed by atoms with Crippen LogP contribution in [0.5, 0.6) is 0 Å². The first-order chi connectivity index (χ1) is 21.9. The first-order valence-electron chi connectivity index (χ1n) is 14.3. The molecule has 0 radical (unpaired) electrons. The number of amidine groups is 1. The van der Waals surface area contributed by atoms with Gasteiger partial charge in [0.2, 0.25) is 11.8 Å². The molecule has 3 aromatic carbocycles. The molecule has 2 aliphatic rings. The molecule has 0 saturated carbocycles. The van der Waals surface area contributed by atoms with Gasteiger partial charge in [-0.3, -0.25) is 19.4 Å². The molecule has 0 bridgehead atoms. The van der Waals surface area contributed by atoms with Crippen LogP contribution in [0.3, 0.4) is 0 Å². The van der Waals surface area contributed by atoms with Crippen molar-refractivity contribution in [1.82, 2.24) is 9.80 Å². The zero-order chi connectivity index (χ0) is 31.3. The lowest BCUT2D eigenvalue weighted by molar-refractivity contribution is -0.126. The molecule has 9 nitrogen and oxygen atoms in total. The summed E-state index contributed by atoms with van der Waals surface area (Å²) in [6.45, 7) is 0.740. The van der Waals surface area contributed by atoms with Gasteiger partial charge in [0.25, 0.3) is 0 Å². The molecule has 1 aromatic heterocycles. The molecule has 2 aliphatic heterocycles. The number of anilines is 1. The average Bonchev–Trinajstić information content (AvgIpc) is 3.81. The van der Waals surface area contributed by atoms with E-state index in [0.29, 0.717) is 47.3 Å². The van der Waals surface area contributed by atoms with Crippen molar-refractivity contribution in [2.45, 2.75) is 37.3 Å². The third-order valence-electron chi connectivity index (χ3n) is 7.44. The number of carbonyl (C=O) groups excluding carboxylic acids is 3. The van der Waals surface area contributed by atoms with Gasteiger partial charge in [0, 0.05) is 12.2 Å². The summed E-state index contributed by atoms with van der Waals surface area (Å²) in [7, 11) is 0. The molecule has 3 heterocycles. The number of likely N-dealkylation sites (tertiary alicyclic amines) is 1. The minimum absolute atomic E-state index is 0.0669. The number of halogens is 2. The molecule has 2 saturated heterocycles. The molecule has 3 amide bonds. The van der Waals surface area contributed by atoms with E-state index in [1.165, 1.54) is 46.0 Å². The predicted molar refractivity (Wildman–Crippen MR) is 170 cm³/mol. The van der Waals surface area contributed by atoms with Crippen molar-refractivity contribution in [2.24, 2.45) is 4.99 Å². The topological polar surface area (TPSA) is 104 Å². The van der Waals surface area contributed by atoms with Crippen LogP contribution in [-0.4, -0.2) is 45.5 Å². The second-order valence-corrected chi connectivity index (χ2v) is 12.0. The highest BCUT2D eigenvalue weighted by Gasteiger charge is 2.40. The van der Waals surface area contributed by atoms with Crippen LogP contribution in [0.4, 0.5) is 20.6 Å².